The summed E-state index contributed by atoms with van der Waals surface area (Å²) in [5.74, 6) is -0.739. The van der Waals surface area contributed by atoms with Gasteiger partial charge < -0.3 is 9.67 Å². The van der Waals surface area contributed by atoms with Crippen LogP contribution in [0.2, 0.25) is 0 Å². The molecule has 3 nitrogen and oxygen atoms in total. The van der Waals surface area contributed by atoms with E-state index in [0.717, 1.165) is 5.69 Å². The van der Waals surface area contributed by atoms with E-state index < -0.39 is 5.97 Å². The van der Waals surface area contributed by atoms with Crippen LogP contribution < -0.4 is 0 Å². The fourth-order valence-corrected chi connectivity index (χ4v) is 2.45. The summed E-state index contributed by atoms with van der Waals surface area (Å²) in [7, 11) is 1.96. The third-order valence-electron chi connectivity index (χ3n) is 3.40. The van der Waals surface area contributed by atoms with Gasteiger partial charge in [-0.05, 0) is 17.5 Å². The Morgan fingerprint density at radius 1 is 1.57 bits per heavy atom. The van der Waals surface area contributed by atoms with Crippen molar-refractivity contribution >= 4 is 5.97 Å². The summed E-state index contributed by atoms with van der Waals surface area (Å²) < 4.78 is 2.01. The number of hydrogen-bond acceptors (Lipinski definition) is 1. The highest BCUT2D eigenvalue weighted by Crippen LogP contribution is 2.64. The summed E-state index contributed by atoms with van der Waals surface area (Å²) in [5, 5.41) is 9.04. The first-order chi connectivity index (χ1) is 6.46. The van der Waals surface area contributed by atoms with Gasteiger partial charge in [0.2, 0.25) is 0 Å². The van der Waals surface area contributed by atoms with E-state index in [4.69, 9.17) is 5.11 Å². The Bertz CT molecular complexity index is 378. The van der Waals surface area contributed by atoms with Gasteiger partial charge in [-0.1, -0.05) is 13.8 Å². The lowest BCUT2D eigenvalue weighted by Crippen LogP contribution is -2.03. The molecule has 1 heterocycles. The van der Waals surface area contributed by atoms with Crippen molar-refractivity contribution in [2.24, 2.45) is 18.4 Å². The molecule has 1 fully saturated rings. The number of aromatic nitrogens is 1. The molecular formula is C11H15NO2. The van der Waals surface area contributed by atoms with Crippen molar-refractivity contribution < 1.29 is 9.90 Å². The highest BCUT2D eigenvalue weighted by Gasteiger charge is 2.63. The molecular weight excluding hydrogens is 178 g/mol. The molecule has 0 amide bonds. The molecule has 0 unspecified atom stereocenters. The highest BCUT2D eigenvalue weighted by molar-refractivity contribution is 5.77. The van der Waals surface area contributed by atoms with Crippen LogP contribution in [-0.2, 0) is 11.8 Å². The van der Waals surface area contributed by atoms with E-state index in [0.29, 0.717) is 0 Å². The summed E-state index contributed by atoms with van der Waals surface area (Å²) in [6.07, 6.45) is 1.96. The zero-order valence-electron chi connectivity index (χ0n) is 8.69. The average molecular weight is 193 g/mol. The fourth-order valence-electron chi connectivity index (χ4n) is 2.45. The van der Waals surface area contributed by atoms with Crippen molar-refractivity contribution in [2.45, 2.75) is 19.8 Å². The molecule has 1 aliphatic rings. The van der Waals surface area contributed by atoms with Crippen LogP contribution in [0.1, 0.15) is 25.5 Å². The van der Waals surface area contributed by atoms with E-state index >= 15 is 0 Å². The normalized spacial score (nSPS) is 28.8. The van der Waals surface area contributed by atoms with Gasteiger partial charge >= 0.3 is 5.97 Å². The molecule has 0 radical (unpaired) electrons. The Balaban J connectivity index is 2.32. The summed E-state index contributed by atoms with van der Waals surface area (Å²) in [6, 6.07) is 3.97. The highest BCUT2D eigenvalue weighted by atomic mass is 16.4. The summed E-state index contributed by atoms with van der Waals surface area (Å²) in [4.78, 5) is 11.0. The van der Waals surface area contributed by atoms with Crippen molar-refractivity contribution in [3.63, 3.8) is 0 Å². The third-order valence-corrected chi connectivity index (χ3v) is 3.40. The second-order valence-electron chi connectivity index (χ2n) is 4.66. The van der Waals surface area contributed by atoms with Crippen LogP contribution >= 0.6 is 0 Å². The lowest BCUT2D eigenvalue weighted by molar-refractivity contribution is -0.139. The van der Waals surface area contributed by atoms with Crippen LogP contribution in [0.5, 0.6) is 0 Å². The van der Waals surface area contributed by atoms with E-state index in [9.17, 15) is 4.79 Å². The topological polar surface area (TPSA) is 42.2 Å². The van der Waals surface area contributed by atoms with Crippen LogP contribution in [0.4, 0.5) is 0 Å². The SMILES string of the molecule is Cn1cccc1[C@H]1[C@H](C(=O)O)C1(C)C. The second kappa shape index (κ2) is 2.62. The minimum Gasteiger partial charge on any atom is -0.481 e. The van der Waals surface area contributed by atoms with Crippen LogP contribution in [0, 0.1) is 11.3 Å². The Morgan fingerprint density at radius 2 is 2.21 bits per heavy atom. The van der Waals surface area contributed by atoms with Crippen molar-refractivity contribution in [1.29, 1.82) is 0 Å². The van der Waals surface area contributed by atoms with Crippen LogP contribution in [0.25, 0.3) is 0 Å². The Kier molecular flexibility index (Phi) is 1.74. The number of carboxylic acids is 1. The quantitative estimate of drug-likeness (QED) is 0.778. The van der Waals surface area contributed by atoms with E-state index in [1.807, 2.05) is 43.8 Å². The van der Waals surface area contributed by atoms with Crippen LogP contribution in [0.3, 0.4) is 0 Å². The summed E-state index contributed by atoms with van der Waals surface area (Å²) in [6.45, 7) is 4.03. The predicted molar refractivity (Wildman–Crippen MR) is 53.1 cm³/mol. The first-order valence-corrected chi connectivity index (χ1v) is 4.80. The smallest absolute Gasteiger partial charge is 0.307 e. The van der Waals surface area contributed by atoms with Gasteiger partial charge in [-0.2, -0.15) is 0 Å². The maximum Gasteiger partial charge on any atom is 0.307 e. The lowest BCUT2D eigenvalue weighted by atomic mass is 10.1. The van der Waals surface area contributed by atoms with E-state index in [1.165, 1.54) is 0 Å². The Labute approximate surface area is 83.4 Å². The number of rotatable bonds is 2. The molecule has 1 aromatic rings. The van der Waals surface area contributed by atoms with Gasteiger partial charge in [0.1, 0.15) is 0 Å². The molecule has 0 aliphatic heterocycles. The first kappa shape index (κ1) is 9.31. The first-order valence-electron chi connectivity index (χ1n) is 4.80. The minimum atomic E-state index is -0.679. The van der Waals surface area contributed by atoms with Gasteiger partial charge in [0.15, 0.2) is 0 Å². The van der Waals surface area contributed by atoms with Gasteiger partial charge in [0.25, 0.3) is 0 Å². The van der Waals surface area contributed by atoms with Gasteiger partial charge in [0, 0.05) is 24.9 Å². The number of carboxylic acid groups (broad SMARTS) is 1. The zero-order chi connectivity index (χ0) is 10.5. The number of hydrogen-bond donors (Lipinski definition) is 1. The van der Waals surface area contributed by atoms with E-state index in [1.54, 1.807) is 0 Å². The minimum absolute atomic E-state index is 0.0993. The molecule has 0 aromatic carbocycles. The van der Waals surface area contributed by atoms with Gasteiger partial charge in [-0.25, -0.2) is 0 Å². The summed E-state index contributed by atoms with van der Waals surface area (Å²) >= 11 is 0. The van der Waals surface area contributed by atoms with Crippen LogP contribution in [-0.4, -0.2) is 15.6 Å². The Hall–Kier alpha value is -1.25. The molecule has 0 saturated heterocycles. The maximum atomic E-state index is 11.0. The van der Waals surface area contributed by atoms with Gasteiger partial charge in [-0.15, -0.1) is 0 Å². The van der Waals surface area contributed by atoms with Crippen molar-refractivity contribution in [3.05, 3.63) is 24.0 Å². The Morgan fingerprint density at radius 3 is 2.57 bits per heavy atom. The van der Waals surface area contributed by atoms with Crippen molar-refractivity contribution in [3.8, 4) is 0 Å². The third kappa shape index (κ3) is 1.08. The fraction of sp³-hybridized carbons (Fsp3) is 0.545. The van der Waals surface area contributed by atoms with Gasteiger partial charge in [0.05, 0.1) is 5.92 Å². The molecule has 76 valence electrons. The monoisotopic (exact) mass is 193 g/mol. The predicted octanol–water partition coefficient (Wildman–Crippen LogP) is 1.85. The summed E-state index contributed by atoms with van der Waals surface area (Å²) in [5.41, 5.74) is 1.03. The lowest BCUT2D eigenvalue weighted by Gasteiger charge is -2.03. The molecule has 1 saturated carbocycles. The molecule has 2 atom stereocenters. The molecule has 14 heavy (non-hydrogen) atoms. The average Bonchev–Trinajstić information content (AvgIpc) is 2.42. The zero-order valence-corrected chi connectivity index (χ0v) is 8.69. The number of carbonyl (C=O) groups is 1. The standard InChI is InChI=1S/C11H15NO2/c1-11(2)8(9(11)10(13)14)7-5-4-6-12(7)3/h4-6,8-9H,1-3H3,(H,13,14)/t8-,9+/m0/s1. The van der Waals surface area contributed by atoms with Crippen molar-refractivity contribution in [2.75, 3.05) is 0 Å². The molecule has 0 bridgehead atoms. The molecule has 0 spiro atoms. The molecule has 3 heteroatoms. The van der Waals surface area contributed by atoms with E-state index in [2.05, 4.69) is 0 Å². The second-order valence-corrected chi connectivity index (χ2v) is 4.66. The maximum absolute atomic E-state index is 11.0. The number of aryl methyl sites for hydroxylation is 1. The molecule has 1 N–H and O–H groups in total. The molecule has 1 aliphatic carbocycles. The van der Waals surface area contributed by atoms with Crippen molar-refractivity contribution in [1.82, 2.24) is 4.57 Å². The largest absolute Gasteiger partial charge is 0.481 e. The number of nitrogens with zero attached hydrogens (tertiary/aromatic N) is 1. The number of aliphatic carboxylic acids is 1. The molecule has 1 aromatic heterocycles. The van der Waals surface area contributed by atoms with Gasteiger partial charge in [-0.3, -0.25) is 4.79 Å². The van der Waals surface area contributed by atoms with E-state index in [-0.39, 0.29) is 17.3 Å². The molecule has 2 rings (SSSR count). The van der Waals surface area contributed by atoms with Crippen LogP contribution in [0.15, 0.2) is 18.3 Å².